The molecule has 3 heteroatoms. The average Bonchev–Trinajstić information content (AvgIpc) is 2.46. The van der Waals surface area contributed by atoms with E-state index in [-0.39, 0.29) is 18.5 Å². The van der Waals surface area contributed by atoms with Crippen LogP contribution in [0.3, 0.4) is 0 Å². The zero-order valence-corrected chi connectivity index (χ0v) is 7.67. The number of ether oxygens (including phenoxy) is 1. The second-order valence-electron chi connectivity index (χ2n) is 3.60. The zero-order valence-electron chi connectivity index (χ0n) is 7.67. The van der Waals surface area contributed by atoms with Crippen LogP contribution >= 0.6 is 0 Å². The number of hydrogen-bond acceptors (Lipinski definition) is 3. The summed E-state index contributed by atoms with van der Waals surface area (Å²) in [6.45, 7) is 1.92. The number of esters is 1. The van der Waals surface area contributed by atoms with Crippen LogP contribution in [0.4, 0.5) is 0 Å². The second-order valence-corrected chi connectivity index (χ2v) is 3.60. The second kappa shape index (κ2) is 3.44. The van der Waals surface area contributed by atoms with Gasteiger partial charge >= 0.3 is 5.97 Å². The van der Waals surface area contributed by atoms with Crippen molar-refractivity contribution in [2.75, 3.05) is 13.7 Å². The standard InChI is InChI=1S/C9H16O3/c1-7-4-3-5-9(7,6-10)8(11)12-2/h7,10H,3-6H2,1-2H3/t7-,9-/m1/s1. The Bertz CT molecular complexity index is 179. The first-order valence-electron chi connectivity index (χ1n) is 4.36. The van der Waals surface area contributed by atoms with Gasteiger partial charge in [0, 0.05) is 0 Å². The molecule has 1 aliphatic carbocycles. The van der Waals surface area contributed by atoms with Gasteiger partial charge in [-0.25, -0.2) is 0 Å². The molecule has 0 spiro atoms. The monoisotopic (exact) mass is 172 g/mol. The molecule has 0 aromatic carbocycles. The summed E-state index contributed by atoms with van der Waals surface area (Å²) in [5.74, 6) is -0.00931. The topological polar surface area (TPSA) is 46.5 Å². The van der Waals surface area contributed by atoms with E-state index in [0.717, 1.165) is 19.3 Å². The van der Waals surface area contributed by atoms with Gasteiger partial charge in [0.2, 0.25) is 0 Å². The van der Waals surface area contributed by atoms with E-state index in [1.165, 1.54) is 7.11 Å². The Morgan fingerprint density at radius 3 is 2.75 bits per heavy atom. The fourth-order valence-electron chi connectivity index (χ4n) is 2.05. The van der Waals surface area contributed by atoms with E-state index in [0.29, 0.717) is 0 Å². The smallest absolute Gasteiger partial charge is 0.314 e. The van der Waals surface area contributed by atoms with Crippen molar-refractivity contribution in [2.24, 2.45) is 11.3 Å². The van der Waals surface area contributed by atoms with E-state index in [1.54, 1.807) is 0 Å². The fraction of sp³-hybridized carbons (Fsp3) is 0.889. The van der Waals surface area contributed by atoms with E-state index in [9.17, 15) is 9.90 Å². The molecule has 2 atom stereocenters. The van der Waals surface area contributed by atoms with Crippen molar-refractivity contribution in [1.29, 1.82) is 0 Å². The molecule has 12 heavy (non-hydrogen) atoms. The van der Waals surface area contributed by atoms with Crippen LogP contribution in [0, 0.1) is 11.3 Å². The molecule has 0 bridgehead atoms. The molecule has 0 aliphatic heterocycles. The Kier molecular flexibility index (Phi) is 2.73. The van der Waals surface area contributed by atoms with Gasteiger partial charge in [-0.15, -0.1) is 0 Å². The summed E-state index contributed by atoms with van der Waals surface area (Å²) in [6.07, 6.45) is 2.78. The summed E-state index contributed by atoms with van der Waals surface area (Å²) >= 11 is 0. The zero-order chi connectivity index (χ0) is 9.19. The maximum Gasteiger partial charge on any atom is 0.314 e. The Morgan fingerprint density at radius 2 is 2.42 bits per heavy atom. The van der Waals surface area contributed by atoms with Crippen molar-refractivity contribution in [1.82, 2.24) is 0 Å². The molecule has 0 amide bonds. The number of carbonyl (C=O) groups is 1. The maximum absolute atomic E-state index is 11.4. The minimum Gasteiger partial charge on any atom is -0.469 e. The molecule has 1 rings (SSSR count). The van der Waals surface area contributed by atoms with Gasteiger partial charge in [-0.1, -0.05) is 13.3 Å². The number of aliphatic hydroxyl groups is 1. The molecular formula is C9H16O3. The Balaban J connectivity index is 2.81. The molecule has 1 fully saturated rings. The first-order chi connectivity index (χ1) is 5.67. The third-order valence-corrected chi connectivity index (χ3v) is 3.08. The third kappa shape index (κ3) is 1.22. The Hall–Kier alpha value is -0.570. The lowest BCUT2D eigenvalue weighted by molar-refractivity contribution is -0.157. The first kappa shape index (κ1) is 9.52. The summed E-state index contributed by atoms with van der Waals surface area (Å²) in [5, 5.41) is 9.19. The molecule has 0 heterocycles. The van der Waals surface area contributed by atoms with Crippen LogP contribution in [-0.2, 0) is 9.53 Å². The fourth-order valence-corrected chi connectivity index (χ4v) is 2.05. The number of hydrogen-bond donors (Lipinski definition) is 1. The lowest BCUT2D eigenvalue weighted by Gasteiger charge is -2.27. The van der Waals surface area contributed by atoms with Crippen molar-refractivity contribution in [3.63, 3.8) is 0 Å². The molecule has 70 valence electrons. The summed E-state index contributed by atoms with van der Waals surface area (Å²) in [7, 11) is 1.38. The van der Waals surface area contributed by atoms with Crippen LogP contribution in [0.25, 0.3) is 0 Å². The summed E-state index contributed by atoms with van der Waals surface area (Å²) in [5.41, 5.74) is -0.602. The SMILES string of the molecule is COC(=O)[C@@]1(CO)CCC[C@H]1C. The number of methoxy groups -OCH3 is 1. The van der Waals surface area contributed by atoms with Crippen molar-refractivity contribution in [3.05, 3.63) is 0 Å². The van der Waals surface area contributed by atoms with Gasteiger partial charge in [0.1, 0.15) is 0 Å². The molecule has 1 N–H and O–H groups in total. The molecular weight excluding hydrogens is 156 g/mol. The molecule has 0 unspecified atom stereocenters. The number of aliphatic hydroxyl groups excluding tert-OH is 1. The lowest BCUT2D eigenvalue weighted by Crippen LogP contribution is -2.38. The quantitative estimate of drug-likeness (QED) is 0.631. The first-order valence-corrected chi connectivity index (χ1v) is 4.36. The van der Waals surface area contributed by atoms with Gasteiger partial charge < -0.3 is 9.84 Å². The van der Waals surface area contributed by atoms with Gasteiger partial charge in [0.15, 0.2) is 0 Å². The maximum atomic E-state index is 11.4. The lowest BCUT2D eigenvalue weighted by atomic mass is 9.80. The largest absolute Gasteiger partial charge is 0.469 e. The van der Waals surface area contributed by atoms with Crippen molar-refractivity contribution in [2.45, 2.75) is 26.2 Å². The van der Waals surface area contributed by atoms with E-state index >= 15 is 0 Å². The van der Waals surface area contributed by atoms with E-state index < -0.39 is 5.41 Å². The Labute approximate surface area is 72.7 Å². The molecule has 1 aliphatic rings. The molecule has 0 aromatic heterocycles. The summed E-state index contributed by atoms with van der Waals surface area (Å²) in [6, 6.07) is 0. The average molecular weight is 172 g/mol. The van der Waals surface area contributed by atoms with Crippen molar-refractivity contribution >= 4 is 5.97 Å². The van der Waals surface area contributed by atoms with Crippen molar-refractivity contribution < 1.29 is 14.6 Å². The number of rotatable bonds is 2. The van der Waals surface area contributed by atoms with Gasteiger partial charge in [-0.2, -0.15) is 0 Å². The third-order valence-electron chi connectivity index (χ3n) is 3.08. The van der Waals surface area contributed by atoms with Gasteiger partial charge in [0.25, 0.3) is 0 Å². The van der Waals surface area contributed by atoms with Gasteiger partial charge in [-0.05, 0) is 18.8 Å². The van der Waals surface area contributed by atoms with Crippen LogP contribution in [0.1, 0.15) is 26.2 Å². The molecule has 0 radical (unpaired) electrons. The van der Waals surface area contributed by atoms with Crippen LogP contribution < -0.4 is 0 Å². The van der Waals surface area contributed by atoms with E-state index in [2.05, 4.69) is 0 Å². The van der Waals surface area contributed by atoms with Crippen LogP contribution in [0.15, 0.2) is 0 Å². The highest BCUT2D eigenvalue weighted by molar-refractivity contribution is 5.77. The van der Waals surface area contributed by atoms with Crippen molar-refractivity contribution in [3.8, 4) is 0 Å². The highest BCUT2D eigenvalue weighted by atomic mass is 16.5. The Morgan fingerprint density at radius 1 is 1.75 bits per heavy atom. The molecule has 1 saturated carbocycles. The summed E-state index contributed by atoms with van der Waals surface area (Å²) < 4.78 is 4.70. The summed E-state index contributed by atoms with van der Waals surface area (Å²) in [4.78, 5) is 11.4. The van der Waals surface area contributed by atoms with Crippen LogP contribution in [0.5, 0.6) is 0 Å². The predicted octanol–water partition coefficient (Wildman–Crippen LogP) is 0.958. The molecule has 3 nitrogen and oxygen atoms in total. The van der Waals surface area contributed by atoms with Crippen LogP contribution in [-0.4, -0.2) is 24.8 Å². The minimum atomic E-state index is -0.602. The molecule has 0 aromatic rings. The van der Waals surface area contributed by atoms with Crippen LogP contribution in [0.2, 0.25) is 0 Å². The number of carbonyl (C=O) groups excluding carboxylic acids is 1. The highest BCUT2D eigenvalue weighted by Gasteiger charge is 2.47. The van der Waals surface area contributed by atoms with Gasteiger partial charge in [0.05, 0.1) is 19.1 Å². The van der Waals surface area contributed by atoms with E-state index in [4.69, 9.17) is 4.74 Å². The van der Waals surface area contributed by atoms with Gasteiger partial charge in [-0.3, -0.25) is 4.79 Å². The molecule has 0 saturated heterocycles. The normalized spacial score (nSPS) is 35.1. The highest BCUT2D eigenvalue weighted by Crippen LogP contribution is 2.43. The minimum absolute atomic E-state index is 0.0825. The van der Waals surface area contributed by atoms with E-state index in [1.807, 2.05) is 6.92 Å². The predicted molar refractivity (Wildman–Crippen MR) is 44.5 cm³/mol.